The molecule has 0 aliphatic carbocycles. The van der Waals surface area contributed by atoms with Gasteiger partial charge in [-0.2, -0.15) is 0 Å². The number of aromatic amines is 1. The van der Waals surface area contributed by atoms with Crippen LogP contribution >= 0.6 is 0 Å². The highest BCUT2D eigenvalue weighted by Gasteiger charge is 2.45. The maximum absolute atomic E-state index is 12.1. The van der Waals surface area contributed by atoms with Crippen LogP contribution in [0.15, 0.2) is 20.9 Å². The van der Waals surface area contributed by atoms with Gasteiger partial charge in [-0.15, -0.1) is 0 Å². The maximum atomic E-state index is 12.1. The average Bonchev–Trinajstić information content (AvgIpc) is 3.11. The van der Waals surface area contributed by atoms with E-state index >= 15 is 0 Å². The molecule has 0 aromatic carbocycles. The Kier molecular flexibility index (Phi) is 6.90. The molecule has 14 heteroatoms. The molecule has 166 valence electrons. The number of aliphatic hydroxyl groups excluding tert-OH is 4. The van der Waals surface area contributed by atoms with Crippen molar-refractivity contribution < 1.29 is 34.6 Å². The van der Waals surface area contributed by atoms with E-state index in [2.05, 4.69) is 15.0 Å². The van der Waals surface area contributed by atoms with E-state index in [9.17, 15) is 30.0 Å². The highest BCUT2D eigenvalue weighted by molar-refractivity contribution is 5.02. The van der Waals surface area contributed by atoms with E-state index in [0.717, 1.165) is 0 Å². The van der Waals surface area contributed by atoms with Crippen LogP contribution in [-0.4, -0.2) is 86.0 Å². The fourth-order valence-electron chi connectivity index (χ4n) is 3.42. The number of rotatable bonds is 6. The zero-order valence-corrected chi connectivity index (χ0v) is 15.9. The van der Waals surface area contributed by atoms with Gasteiger partial charge in [0, 0.05) is 23.1 Å². The predicted molar refractivity (Wildman–Crippen MR) is 97.2 cm³/mol. The Morgan fingerprint density at radius 2 is 2.00 bits per heavy atom. The maximum Gasteiger partial charge on any atom is 0.330 e. The number of azide groups is 1. The lowest BCUT2D eigenvalue weighted by Gasteiger charge is -2.39. The predicted octanol–water partition coefficient (Wildman–Crippen LogP) is -2.37. The van der Waals surface area contributed by atoms with Gasteiger partial charge in [-0.05, 0) is 12.5 Å². The van der Waals surface area contributed by atoms with E-state index in [1.165, 1.54) is 17.7 Å². The van der Waals surface area contributed by atoms with Crippen LogP contribution in [0.2, 0.25) is 0 Å². The van der Waals surface area contributed by atoms with Gasteiger partial charge >= 0.3 is 5.69 Å². The molecule has 0 saturated carbocycles. The molecule has 8 atom stereocenters. The van der Waals surface area contributed by atoms with Gasteiger partial charge in [-0.1, -0.05) is 5.11 Å². The summed E-state index contributed by atoms with van der Waals surface area (Å²) < 4.78 is 17.7. The van der Waals surface area contributed by atoms with Crippen LogP contribution in [0, 0.1) is 6.92 Å². The molecule has 2 aliphatic heterocycles. The molecule has 0 bridgehead atoms. The molecule has 3 heterocycles. The van der Waals surface area contributed by atoms with E-state index in [1.807, 2.05) is 0 Å². The summed E-state index contributed by atoms with van der Waals surface area (Å²) in [5, 5.41) is 42.6. The molecule has 1 aromatic rings. The molecule has 5 N–H and O–H groups in total. The van der Waals surface area contributed by atoms with Crippen molar-refractivity contribution in [2.45, 2.75) is 62.4 Å². The third-order valence-electron chi connectivity index (χ3n) is 5.13. The van der Waals surface area contributed by atoms with Crippen LogP contribution in [0.3, 0.4) is 0 Å². The molecule has 1 aromatic heterocycles. The van der Waals surface area contributed by atoms with Crippen molar-refractivity contribution in [2.24, 2.45) is 5.11 Å². The summed E-state index contributed by atoms with van der Waals surface area (Å²) in [5.41, 5.74) is 7.90. The minimum Gasteiger partial charge on any atom is -0.394 e. The van der Waals surface area contributed by atoms with Crippen molar-refractivity contribution in [1.82, 2.24) is 9.55 Å². The summed E-state index contributed by atoms with van der Waals surface area (Å²) >= 11 is 0. The smallest absolute Gasteiger partial charge is 0.330 e. The number of aromatic nitrogens is 2. The molecule has 3 rings (SSSR count). The summed E-state index contributed by atoms with van der Waals surface area (Å²) in [6, 6.07) is -0.732. The Balaban J connectivity index is 1.72. The first-order valence-electron chi connectivity index (χ1n) is 9.20. The number of H-pyrrole nitrogens is 1. The summed E-state index contributed by atoms with van der Waals surface area (Å²) in [6.45, 7) is 0.664. The SMILES string of the molecule is Cc1cn([C@H]2C[C@H](N=[N+]=[N-])[C@@H](CO[C@@H]3O[C@H](CO)[C@@H](O)[C@H](O)[C@H]3O)O2)c(=O)[nH]c1=O. The Hall–Kier alpha value is -2.29. The number of nitrogens with one attached hydrogen (secondary N) is 1. The van der Waals surface area contributed by atoms with Gasteiger partial charge in [0.25, 0.3) is 5.56 Å². The highest BCUT2D eigenvalue weighted by Crippen LogP contribution is 2.31. The molecule has 0 spiro atoms. The van der Waals surface area contributed by atoms with E-state index in [0.29, 0.717) is 5.56 Å². The fraction of sp³-hybridized carbons (Fsp3) is 0.750. The second-order valence-corrected chi connectivity index (χ2v) is 7.15. The first kappa shape index (κ1) is 22.4. The van der Waals surface area contributed by atoms with Crippen LogP contribution in [0.25, 0.3) is 10.4 Å². The lowest BCUT2D eigenvalue weighted by Crippen LogP contribution is -2.59. The molecule has 2 saturated heterocycles. The molecule has 2 fully saturated rings. The minimum absolute atomic E-state index is 0.123. The van der Waals surface area contributed by atoms with Gasteiger partial charge in [-0.3, -0.25) is 14.3 Å². The number of aryl methyl sites for hydroxylation is 1. The Bertz CT molecular complexity index is 911. The van der Waals surface area contributed by atoms with Gasteiger partial charge in [0.2, 0.25) is 0 Å². The minimum atomic E-state index is -1.60. The monoisotopic (exact) mass is 429 g/mol. The van der Waals surface area contributed by atoms with Crippen LogP contribution in [0.1, 0.15) is 18.2 Å². The van der Waals surface area contributed by atoms with Crippen molar-refractivity contribution >= 4 is 0 Å². The molecule has 30 heavy (non-hydrogen) atoms. The van der Waals surface area contributed by atoms with E-state index < -0.39 is 66.9 Å². The van der Waals surface area contributed by atoms with Gasteiger partial charge in [0.05, 0.1) is 25.4 Å². The molecule has 14 nitrogen and oxygen atoms in total. The molecular formula is C16H23N5O9. The van der Waals surface area contributed by atoms with Crippen LogP contribution in [-0.2, 0) is 14.2 Å². The quantitative estimate of drug-likeness (QED) is 0.185. The summed E-state index contributed by atoms with van der Waals surface area (Å²) in [6.07, 6.45) is -7.46. The van der Waals surface area contributed by atoms with Crippen molar-refractivity contribution in [3.05, 3.63) is 43.0 Å². The number of aliphatic hydroxyl groups is 4. The van der Waals surface area contributed by atoms with E-state index in [4.69, 9.17) is 19.7 Å². The first-order chi connectivity index (χ1) is 14.3. The summed E-state index contributed by atoms with van der Waals surface area (Å²) in [7, 11) is 0. The van der Waals surface area contributed by atoms with Crippen LogP contribution < -0.4 is 11.2 Å². The van der Waals surface area contributed by atoms with Crippen molar-refractivity contribution in [3.63, 3.8) is 0 Å². The number of hydrogen-bond acceptors (Lipinski definition) is 10. The standard InChI is InChI=1S/C16H23N5O9/c1-6-3-21(16(27)18-14(6)26)10-2-7(19-20-17)9(29-10)5-28-15-13(25)12(24)11(23)8(4-22)30-15/h3,7-13,15,22-25H,2,4-5H2,1H3,(H,18,26,27)/t7-,8+,9+,10+,11+,12-,13+,15+/m0/s1. The van der Waals surface area contributed by atoms with Crippen LogP contribution in [0.4, 0.5) is 0 Å². The van der Waals surface area contributed by atoms with Gasteiger partial charge < -0.3 is 34.6 Å². The molecule has 2 aliphatic rings. The third-order valence-corrected chi connectivity index (χ3v) is 5.13. The van der Waals surface area contributed by atoms with Crippen LogP contribution in [0.5, 0.6) is 0 Å². The van der Waals surface area contributed by atoms with Gasteiger partial charge in [-0.25, -0.2) is 4.79 Å². The number of nitrogens with zero attached hydrogens (tertiary/aromatic N) is 4. The highest BCUT2D eigenvalue weighted by atomic mass is 16.7. The van der Waals surface area contributed by atoms with Gasteiger partial charge in [0.15, 0.2) is 6.29 Å². The molecular weight excluding hydrogens is 406 g/mol. The molecule has 0 unspecified atom stereocenters. The van der Waals surface area contributed by atoms with Gasteiger partial charge in [0.1, 0.15) is 30.6 Å². The first-order valence-corrected chi connectivity index (χ1v) is 9.20. The zero-order valence-electron chi connectivity index (χ0n) is 15.9. The lowest BCUT2D eigenvalue weighted by molar-refractivity contribution is -0.305. The zero-order chi connectivity index (χ0) is 22.0. The topological polar surface area (TPSA) is 212 Å². The number of hydrogen-bond donors (Lipinski definition) is 5. The Morgan fingerprint density at radius 1 is 1.27 bits per heavy atom. The largest absolute Gasteiger partial charge is 0.394 e. The average molecular weight is 429 g/mol. The normalized spacial score (nSPS) is 36.4. The molecule has 0 amide bonds. The molecule has 0 radical (unpaired) electrons. The second kappa shape index (κ2) is 9.24. The summed E-state index contributed by atoms with van der Waals surface area (Å²) in [5.74, 6) is 0. The third kappa shape index (κ3) is 4.40. The van der Waals surface area contributed by atoms with E-state index in [-0.39, 0.29) is 13.0 Å². The fourth-order valence-corrected chi connectivity index (χ4v) is 3.42. The van der Waals surface area contributed by atoms with Crippen molar-refractivity contribution in [2.75, 3.05) is 13.2 Å². The number of ether oxygens (including phenoxy) is 3. The van der Waals surface area contributed by atoms with Crippen molar-refractivity contribution in [1.29, 1.82) is 0 Å². The lowest BCUT2D eigenvalue weighted by atomic mass is 9.99. The van der Waals surface area contributed by atoms with E-state index in [1.54, 1.807) is 0 Å². The Morgan fingerprint density at radius 3 is 2.67 bits per heavy atom. The Labute approximate surface area is 168 Å². The van der Waals surface area contributed by atoms with Crippen molar-refractivity contribution in [3.8, 4) is 0 Å². The second-order valence-electron chi connectivity index (χ2n) is 7.15. The summed E-state index contributed by atoms with van der Waals surface area (Å²) in [4.78, 5) is 28.6.